The molecule has 0 aliphatic carbocycles. The molecule has 21 heavy (non-hydrogen) atoms. The van der Waals surface area contributed by atoms with Crippen LogP contribution in [0.25, 0.3) is 0 Å². The molecule has 2 unspecified atom stereocenters. The lowest BCUT2D eigenvalue weighted by Gasteiger charge is -2.20. The molecule has 0 bridgehead atoms. The van der Waals surface area contributed by atoms with Crippen LogP contribution in [-0.4, -0.2) is 19.3 Å². The van der Waals surface area contributed by atoms with Crippen molar-refractivity contribution in [3.8, 4) is 0 Å². The normalized spacial score (nSPS) is 19.9. The van der Waals surface area contributed by atoms with E-state index in [9.17, 15) is 4.39 Å². The van der Waals surface area contributed by atoms with E-state index in [2.05, 4.69) is 12.2 Å². The maximum absolute atomic E-state index is 14.1. The minimum atomic E-state index is -0.215. The Balaban J connectivity index is 1.92. The number of ether oxygens (including phenoxy) is 1. The monoisotopic (exact) mass is 313 g/mol. The molecule has 0 spiro atoms. The highest BCUT2D eigenvalue weighted by Crippen LogP contribution is 2.26. The minimum Gasteiger partial charge on any atom is -0.378 e. The van der Waals surface area contributed by atoms with Crippen molar-refractivity contribution in [2.75, 3.05) is 13.2 Å². The Morgan fingerprint density at radius 2 is 2.33 bits per heavy atom. The fourth-order valence-electron chi connectivity index (χ4n) is 2.89. The second kappa shape index (κ2) is 8.72. The summed E-state index contributed by atoms with van der Waals surface area (Å²) in [5.41, 5.74) is 0.722. The van der Waals surface area contributed by atoms with Crippen LogP contribution in [0.1, 0.15) is 57.1 Å². The molecule has 1 saturated heterocycles. The van der Waals surface area contributed by atoms with Gasteiger partial charge in [-0.2, -0.15) is 0 Å². The van der Waals surface area contributed by atoms with Crippen LogP contribution >= 0.6 is 11.6 Å². The highest BCUT2D eigenvalue weighted by Gasteiger charge is 2.18. The predicted octanol–water partition coefficient (Wildman–Crippen LogP) is 4.87. The Morgan fingerprint density at radius 3 is 3.00 bits per heavy atom. The second-order valence-corrected chi connectivity index (χ2v) is 6.17. The summed E-state index contributed by atoms with van der Waals surface area (Å²) in [7, 11) is 0. The van der Waals surface area contributed by atoms with Crippen LogP contribution in [0.4, 0.5) is 4.39 Å². The summed E-state index contributed by atoms with van der Waals surface area (Å²) in [6, 6.07) is 5.03. The van der Waals surface area contributed by atoms with E-state index in [-0.39, 0.29) is 11.9 Å². The van der Waals surface area contributed by atoms with E-state index >= 15 is 0 Å². The zero-order chi connectivity index (χ0) is 15.1. The molecule has 1 aromatic carbocycles. The maximum Gasteiger partial charge on any atom is 0.129 e. The van der Waals surface area contributed by atoms with Gasteiger partial charge in [0.2, 0.25) is 0 Å². The van der Waals surface area contributed by atoms with Crippen molar-refractivity contribution < 1.29 is 9.13 Å². The summed E-state index contributed by atoms with van der Waals surface area (Å²) in [4.78, 5) is 0. The summed E-state index contributed by atoms with van der Waals surface area (Å²) in [5.74, 6) is -0.215. The van der Waals surface area contributed by atoms with Gasteiger partial charge in [-0.15, -0.1) is 0 Å². The van der Waals surface area contributed by atoms with Crippen molar-refractivity contribution in [3.63, 3.8) is 0 Å². The van der Waals surface area contributed by atoms with E-state index in [4.69, 9.17) is 16.3 Å². The number of benzene rings is 1. The van der Waals surface area contributed by atoms with Gasteiger partial charge in [0, 0.05) is 23.2 Å². The lowest BCUT2D eigenvalue weighted by Crippen LogP contribution is -2.23. The van der Waals surface area contributed by atoms with Crippen LogP contribution in [0.15, 0.2) is 18.2 Å². The van der Waals surface area contributed by atoms with E-state index in [0.717, 1.165) is 44.4 Å². The zero-order valence-electron chi connectivity index (χ0n) is 12.7. The third kappa shape index (κ3) is 5.24. The van der Waals surface area contributed by atoms with Crippen molar-refractivity contribution in [1.82, 2.24) is 5.32 Å². The number of rotatable bonds is 8. The molecule has 2 rings (SSSR count). The minimum absolute atomic E-state index is 0.0589. The molecule has 1 N–H and O–H groups in total. The van der Waals surface area contributed by atoms with Gasteiger partial charge in [-0.3, -0.25) is 0 Å². The largest absolute Gasteiger partial charge is 0.378 e. The van der Waals surface area contributed by atoms with Crippen molar-refractivity contribution in [3.05, 3.63) is 34.6 Å². The van der Waals surface area contributed by atoms with Crippen molar-refractivity contribution in [2.24, 2.45) is 0 Å². The fraction of sp³-hybridized carbons (Fsp3) is 0.647. The molecule has 1 aromatic rings. The highest BCUT2D eigenvalue weighted by atomic mass is 35.5. The van der Waals surface area contributed by atoms with E-state index in [1.807, 2.05) is 0 Å². The lowest BCUT2D eigenvalue weighted by molar-refractivity contribution is 0.101. The third-order valence-corrected chi connectivity index (χ3v) is 4.26. The average molecular weight is 314 g/mol. The lowest BCUT2D eigenvalue weighted by atomic mass is 9.98. The van der Waals surface area contributed by atoms with Gasteiger partial charge in [-0.25, -0.2) is 4.39 Å². The Bertz CT molecular complexity index is 435. The quantitative estimate of drug-likeness (QED) is 0.739. The van der Waals surface area contributed by atoms with Gasteiger partial charge >= 0.3 is 0 Å². The van der Waals surface area contributed by atoms with Crippen LogP contribution in [0.2, 0.25) is 5.02 Å². The van der Waals surface area contributed by atoms with Gasteiger partial charge in [-0.05, 0) is 57.2 Å². The first kappa shape index (κ1) is 16.7. The van der Waals surface area contributed by atoms with Crippen LogP contribution in [0, 0.1) is 5.82 Å². The van der Waals surface area contributed by atoms with Gasteiger partial charge in [-0.1, -0.05) is 24.6 Å². The van der Waals surface area contributed by atoms with Crippen molar-refractivity contribution in [2.45, 2.75) is 57.6 Å². The maximum atomic E-state index is 14.1. The Kier molecular flexibility index (Phi) is 6.94. The molecular weight excluding hydrogens is 289 g/mol. The van der Waals surface area contributed by atoms with Crippen LogP contribution < -0.4 is 5.32 Å². The first-order valence-electron chi connectivity index (χ1n) is 8.00. The number of hydrogen-bond donors (Lipinski definition) is 1. The summed E-state index contributed by atoms with van der Waals surface area (Å²) in [5, 5.41) is 3.90. The van der Waals surface area contributed by atoms with Gasteiger partial charge in [0.15, 0.2) is 0 Å². The molecular formula is C17H25ClFNO. The van der Waals surface area contributed by atoms with E-state index in [0.29, 0.717) is 11.1 Å². The molecule has 1 aliphatic rings. The van der Waals surface area contributed by atoms with Gasteiger partial charge in [0.25, 0.3) is 0 Å². The molecule has 0 radical (unpaired) electrons. The highest BCUT2D eigenvalue weighted by molar-refractivity contribution is 6.30. The first-order chi connectivity index (χ1) is 10.2. The molecule has 4 heteroatoms. The molecule has 2 nitrogen and oxygen atoms in total. The molecule has 1 fully saturated rings. The van der Waals surface area contributed by atoms with Gasteiger partial charge in [0.1, 0.15) is 5.82 Å². The molecule has 118 valence electrons. The van der Waals surface area contributed by atoms with E-state index in [1.165, 1.54) is 18.9 Å². The predicted molar refractivity (Wildman–Crippen MR) is 85.3 cm³/mol. The molecule has 0 amide bonds. The summed E-state index contributed by atoms with van der Waals surface area (Å²) in [6.45, 7) is 3.91. The number of nitrogens with one attached hydrogen (secondary N) is 1. The second-order valence-electron chi connectivity index (χ2n) is 5.74. The van der Waals surface area contributed by atoms with E-state index < -0.39 is 0 Å². The van der Waals surface area contributed by atoms with Gasteiger partial charge < -0.3 is 10.1 Å². The molecule has 2 atom stereocenters. The summed E-state index contributed by atoms with van der Waals surface area (Å²) in [6.07, 6.45) is 6.84. The first-order valence-corrected chi connectivity index (χ1v) is 8.38. The molecule has 1 heterocycles. The zero-order valence-corrected chi connectivity index (χ0v) is 13.5. The van der Waals surface area contributed by atoms with Crippen LogP contribution in [0.5, 0.6) is 0 Å². The van der Waals surface area contributed by atoms with E-state index in [1.54, 1.807) is 12.1 Å². The standard InChI is InChI=1S/C17H25ClFNO/c1-2-10-20-17(7-3-5-14-6-4-11-21-14)15-9-8-13(18)12-16(15)19/h8-9,12,14,17,20H,2-7,10-11H2,1H3. The van der Waals surface area contributed by atoms with Crippen molar-refractivity contribution >= 4 is 11.6 Å². The number of hydrogen-bond acceptors (Lipinski definition) is 2. The summed E-state index contributed by atoms with van der Waals surface area (Å²) < 4.78 is 19.8. The Morgan fingerprint density at radius 1 is 1.48 bits per heavy atom. The Labute approximate surface area is 132 Å². The summed E-state index contributed by atoms with van der Waals surface area (Å²) >= 11 is 5.84. The molecule has 0 aromatic heterocycles. The number of halogens is 2. The fourth-order valence-corrected chi connectivity index (χ4v) is 3.05. The topological polar surface area (TPSA) is 21.3 Å². The molecule has 0 saturated carbocycles. The van der Waals surface area contributed by atoms with Crippen molar-refractivity contribution in [1.29, 1.82) is 0 Å². The van der Waals surface area contributed by atoms with Crippen LogP contribution in [-0.2, 0) is 4.74 Å². The third-order valence-electron chi connectivity index (χ3n) is 4.02. The van der Waals surface area contributed by atoms with Crippen LogP contribution in [0.3, 0.4) is 0 Å². The smallest absolute Gasteiger partial charge is 0.129 e. The van der Waals surface area contributed by atoms with Gasteiger partial charge in [0.05, 0.1) is 6.10 Å². The SMILES string of the molecule is CCCNC(CCCC1CCCO1)c1ccc(Cl)cc1F. The average Bonchev–Trinajstić information content (AvgIpc) is 2.96. The Hall–Kier alpha value is -0.640. The molecule has 1 aliphatic heterocycles.